The molecule has 1 fully saturated rings. The van der Waals surface area contributed by atoms with E-state index in [9.17, 15) is 0 Å². The Kier molecular flexibility index (Phi) is 6.09. The van der Waals surface area contributed by atoms with Crippen LogP contribution in [-0.4, -0.2) is 61.2 Å². The molecular formula is C15H33N3. The van der Waals surface area contributed by atoms with Crippen LogP contribution in [0.4, 0.5) is 0 Å². The lowest BCUT2D eigenvalue weighted by atomic mass is 9.98. The Labute approximate surface area is 114 Å². The Hall–Kier alpha value is -0.120. The molecule has 1 N–H and O–H groups in total. The van der Waals surface area contributed by atoms with Gasteiger partial charge in [0, 0.05) is 37.8 Å². The van der Waals surface area contributed by atoms with Crippen LogP contribution in [0.25, 0.3) is 0 Å². The van der Waals surface area contributed by atoms with Crippen molar-refractivity contribution in [1.29, 1.82) is 0 Å². The summed E-state index contributed by atoms with van der Waals surface area (Å²) in [6, 6.07) is 0.644. The Bertz CT molecular complexity index is 238. The van der Waals surface area contributed by atoms with Crippen LogP contribution in [0.1, 0.15) is 41.0 Å². The second-order valence-electron chi connectivity index (χ2n) is 6.94. The SMILES string of the molecule is CC(C)CCNCC(C)N1CCN(C)C(C)(C)C1. The summed E-state index contributed by atoms with van der Waals surface area (Å²) in [4.78, 5) is 5.10. The molecule has 0 amide bonds. The Morgan fingerprint density at radius 2 is 1.83 bits per heavy atom. The first kappa shape index (κ1) is 15.9. The number of nitrogens with one attached hydrogen (secondary N) is 1. The maximum Gasteiger partial charge on any atom is 0.0277 e. The van der Waals surface area contributed by atoms with Gasteiger partial charge in [0.15, 0.2) is 0 Å². The molecule has 1 saturated heterocycles. The van der Waals surface area contributed by atoms with Crippen LogP contribution in [0, 0.1) is 5.92 Å². The van der Waals surface area contributed by atoms with Crippen molar-refractivity contribution in [2.45, 2.75) is 52.6 Å². The van der Waals surface area contributed by atoms with Gasteiger partial charge in [0.2, 0.25) is 0 Å². The molecule has 1 unspecified atom stereocenters. The molecule has 1 aliphatic heterocycles. The van der Waals surface area contributed by atoms with Crippen molar-refractivity contribution in [2.24, 2.45) is 5.92 Å². The first-order valence-electron chi connectivity index (χ1n) is 7.49. The highest BCUT2D eigenvalue weighted by atomic mass is 15.3. The number of rotatable bonds is 6. The predicted molar refractivity (Wildman–Crippen MR) is 80.1 cm³/mol. The average molecular weight is 255 g/mol. The first-order chi connectivity index (χ1) is 8.33. The van der Waals surface area contributed by atoms with E-state index in [0.717, 1.165) is 19.0 Å². The minimum atomic E-state index is 0.310. The topological polar surface area (TPSA) is 18.5 Å². The van der Waals surface area contributed by atoms with Crippen molar-refractivity contribution in [3.05, 3.63) is 0 Å². The average Bonchev–Trinajstić information content (AvgIpc) is 2.27. The van der Waals surface area contributed by atoms with Gasteiger partial charge in [-0.3, -0.25) is 9.80 Å². The molecule has 0 aromatic heterocycles. The lowest BCUT2D eigenvalue weighted by Gasteiger charge is -2.47. The summed E-state index contributed by atoms with van der Waals surface area (Å²) in [5.41, 5.74) is 0.310. The van der Waals surface area contributed by atoms with Crippen LogP contribution < -0.4 is 5.32 Å². The zero-order valence-electron chi connectivity index (χ0n) is 13.3. The van der Waals surface area contributed by atoms with Crippen LogP contribution >= 0.6 is 0 Å². The molecule has 108 valence electrons. The van der Waals surface area contributed by atoms with Crippen molar-refractivity contribution in [1.82, 2.24) is 15.1 Å². The van der Waals surface area contributed by atoms with E-state index in [4.69, 9.17) is 0 Å². The summed E-state index contributed by atoms with van der Waals surface area (Å²) in [6.07, 6.45) is 1.28. The van der Waals surface area contributed by atoms with Crippen molar-refractivity contribution < 1.29 is 0 Å². The molecule has 0 aromatic carbocycles. The van der Waals surface area contributed by atoms with Crippen molar-refractivity contribution in [3.63, 3.8) is 0 Å². The van der Waals surface area contributed by atoms with E-state index in [-0.39, 0.29) is 0 Å². The lowest BCUT2D eigenvalue weighted by molar-refractivity contribution is 0.0208. The monoisotopic (exact) mass is 255 g/mol. The molecule has 18 heavy (non-hydrogen) atoms. The Morgan fingerprint density at radius 3 is 2.39 bits per heavy atom. The molecule has 3 heteroatoms. The van der Waals surface area contributed by atoms with Gasteiger partial charge in [-0.15, -0.1) is 0 Å². The fourth-order valence-corrected chi connectivity index (χ4v) is 2.48. The minimum Gasteiger partial charge on any atom is -0.315 e. The predicted octanol–water partition coefficient (Wildman–Crippen LogP) is 2.04. The largest absolute Gasteiger partial charge is 0.315 e. The molecule has 0 radical (unpaired) electrons. The Morgan fingerprint density at radius 1 is 1.17 bits per heavy atom. The standard InChI is InChI=1S/C15H33N3/c1-13(2)7-8-16-11-14(3)18-10-9-17(6)15(4,5)12-18/h13-14,16H,7-12H2,1-6H3. The number of nitrogens with zero attached hydrogens (tertiary/aromatic N) is 2. The fraction of sp³-hybridized carbons (Fsp3) is 1.00. The molecular weight excluding hydrogens is 222 g/mol. The van der Waals surface area contributed by atoms with E-state index < -0.39 is 0 Å². The number of hydrogen-bond acceptors (Lipinski definition) is 3. The second kappa shape index (κ2) is 6.88. The van der Waals surface area contributed by atoms with Gasteiger partial charge >= 0.3 is 0 Å². The molecule has 1 heterocycles. The van der Waals surface area contributed by atoms with Crippen LogP contribution in [0.15, 0.2) is 0 Å². The van der Waals surface area contributed by atoms with E-state index in [1.165, 1.54) is 26.1 Å². The van der Waals surface area contributed by atoms with Crippen molar-refractivity contribution in [3.8, 4) is 0 Å². The molecule has 0 aliphatic carbocycles. The van der Waals surface area contributed by atoms with Crippen molar-refractivity contribution in [2.75, 3.05) is 39.8 Å². The highest BCUT2D eigenvalue weighted by Gasteiger charge is 2.32. The molecule has 1 atom stereocenters. The van der Waals surface area contributed by atoms with Crippen LogP contribution in [-0.2, 0) is 0 Å². The zero-order chi connectivity index (χ0) is 13.8. The third-order valence-corrected chi connectivity index (χ3v) is 4.31. The molecule has 1 aliphatic rings. The van der Waals surface area contributed by atoms with Crippen LogP contribution in [0.3, 0.4) is 0 Å². The molecule has 0 bridgehead atoms. The maximum absolute atomic E-state index is 3.60. The number of hydrogen-bond donors (Lipinski definition) is 1. The maximum atomic E-state index is 3.60. The number of piperazine rings is 1. The third-order valence-electron chi connectivity index (χ3n) is 4.31. The summed E-state index contributed by atoms with van der Waals surface area (Å²) in [5, 5.41) is 3.60. The van der Waals surface area contributed by atoms with E-state index >= 15 is 0 Å². The zero-order valence-corrected chi connectivity index (χ0v) is 13.3. The van der Waals surface area contributed by atoms with E-state index in [2.05, 4.69) is 56.8 Å². The highest BCUT2D eigenvalue weighted by Crippen LogP contribution is 2.20. The van der Waals surface area contributed by atoms with Gasteiger partial charge in [0.1, 0.15) is 0 Å². The quantitative estimate of drug-likeness (QED) is 0.733. The molecule has 0 spiro atoms. The van der Waals surface area contributed by atoms with Crippen LogP contribution in [0.2, 0.25) is 0 Å². The lowest BCUT2D eigenvalue weighted by Crippen LogP contribution is -2.60. The first-order valence-corrected chi connectivity index (χ1v) is 7.49. The molecule has 0 aromatic rings. The van der Waals surface area contributed by atoms with Gasteiger partial charge in [-0.25, -0.2) is 0 Å². The van der Waals surface area contributed by atoms with Gasteiger partial charge in [0.05, 0.1) is 0 Å². The van der Waals surface area contributed by atoms with E-state index in [0.29, 0.717) is 11.6 Å². The molecule has 1 rings (SSSR count). The smallest absolute Gasteiger partial charge is 0.0277 e. The Balaban J connectivity index is 2.27. The fourth-order valence-electron chi connectivity index (χ4n) is 2.48. The number of likely N-dealkylation sites (N-methyl/N-ethyl adjacent to an activating group) is 1. The van der Waals surface area contributed by atoms with Gasteiger partial charge in [0.25, 0.3) is 0 Å². The normalized spacial score (nSPS) is 23.5. The van der Waals surface area contributed by atoms with E-state index in [1.54, 1.807) is 0 Å². The second-order valence-corrected chi connectivity index (χ2v) is 6.94. The minimum absolute atomic E-state index is 0.310. The molecule has 3 nitrogen and oxygen atoms in total. The molecule has 0 saturated carbocycles. The van der Waals surface area contributed by atoms with E-state index in [1.807, 2.05) is 0 Å². The summed E-state index contributed by atoms with van der Waals surface area (Å²) in [7, 11) is 2.24. The summed E-state index contributed by atoms with van der Waals surface area (Å²) < 4.78 is 0. The van der Waals surface area contributed by atoms with Gasteiger partial charge in [-0.05, 0) is 46.7 Å². The summed E-state index contributed by atoms with van der Waals surface area (Å²) in [5.74, 6) is 0.801. The van der Waals surface area contributed by atoms with Gasteiger partial charge < -0.3 is 5.32 Å². The highest BCUT2D eigenvalue weighted by molar-refractivity contribution is 4.90. The third kappa shape index (κ3) is 4.87. The van der Waals surface area contributed by atoms with Crippen molar-refractivity contribution >= 4 is 0 Å². The van der Waals surface area contributed by atoms with Gasteiger partial charge in [-0.2, -0.15) is 0 Å². The van der Waals surface area contributed by atoms with Crippen LogP contribution in [0.5, 0.6) is 0 Å². The summed E-state index contributed by atoms with van der Waals surface area (Å²) in [6.45, 7) is 17.4. The summed E-state index contributed by atoms with van der Waals surface area (Å²) >= 11 is 0. The van der Waals surface area contributed by atoms with Gasteiger partial charge in [-0.1, -0.05) is 13.8 Å².